The zero-order valence-corrected chi connectivity index (χ0v) is 37.4. The van der Waals surface area contributed by atoms with E-state index in [2.05, 4.69) is 117 Å². The molecule has 0 aliphatic rings. The fraction of sp³-hybridized carbons (Fsp3) is 0.654. The van der Waals surface area contributed by atoms with E-state index in [1.54, 1.807) is 0 Å². The molecule has 0 rings (SSSR count). The predicted molar refractivity (Wildman–Crippen MR) is 250 cm³/mol. The van der Waals surface area contributed by atoms with Crippen molar-refractivity contribution < 1.29 is 24.5 Å². The number of carbonyl (C=O) groups excluding carboxylic acids is 2. The number of rotatable bonds is 40. The van der Waals surface area contributed by atoms with E-state index >= 15 is 0 Å². The largest absolute Gasteiger partial charge is 0.462 e. The Morgan fingerprint density at radius 1 is 0.534 bits per heavy atom. The topological polar surface area (TPSA) is 95.9 Å². The van der Waals surface area contributed by atoms with Gasteiger partial charge < -0.3 is 20.3 Å². The number of ether oxygens (including phenoxy) is 1. The number of aliphatic hydroxyl groups excluding tert-OH is 2. The molecule has 1 amide bonds. The third kappa shape index (κ3) is 39.6. The van der Waals surface area contributed by atoms with E-state index < -0.39 is 18.2 Å². The smallest absolute Gasteiger partial charge is 0.306 e. The maximum absolute atomic E-state index is 13.1. The maximum atomic E-state index is 13.1. The number of hydrogen-bond acceptors (Lipinski definition) is 5. The molecule has 0 aromatic rings. The molecule has 0 aliphatic heterocycles. The zero-order valence-electron chi connectivity index (χ0n) is 37.4. The first-order valence-corrected chi connectivity index (χ1v) is 23.5. The summed E-state index contributed by atoms with van der Waals surface area (Å²) in [5.74, 6) is -0.605. The summed E-state index contributed by atoms with van der Waals surface area (Å²) >= 11 is 0. The zero-order chi connectivity index (χ0) is 42.4. The molecule has 6 nitrogen and oxygen atoms in total. The van der Waals surface area contributed by atoms with Crippen LogP contribution in [0.3, 0.4) is 0 Å². The highest BCUT2D eigenvalue weighted by Gasteiger charge is 2.24. The number of unbranched alkanes of at least 4 members (excludes halogenated alkanes) is 14. The summed E-state index contributed by atoms with van der Waals surface area (Å²) in [6.07, 6.45) is 59.0. The summed E-state index contributed by atoms with van der Waals surface area (Å²) in [7, 11) is 0. The van der Waals surface area contributed by atoms with Gasteiger partial charge in [-0.1, -0.05) is 201 Å². The Kier molecular flexibility index (Phi) is 42.4. The minimum absolute atomic E-state index is 0.0284. The van der Waals surface area contributed by atoms with Crippen molar-refractivity contribution in [1.82, 2.24) is 5.32 Å². The van der Waals surface area contributed by atoms with Gasteiger partial charge in [-0.25, -0.2) is 0 Å². The fourth-order valence-corrected chi connectivity index (χ4v) is 6.48. The average Bonchev–Trinajstić information content (AvgIpc) is 3.22. The molecule has 0 radical (unpaired) electrons. The Bertz CT molecular complexity index is 1180. The van der Waals surface area contributed by atoms with Crippen LogP contribution in [0, 0.1) is 0 Å². The summed E-state index contributed by atoms with van der Waals surface area (Å²) in [6.45, 7) is 6.18. The standard InChI is InChI=1S/C52H87NO5/c1-4-7-10-13-16-19-22-24-25-26-28-30-33-36-39-42-45-52(57)58-48(43-40-37-34-31-29-27-23-20-17-14-11-8-5-2)46-51(56)53-49(47-54)50(55)44-41-38-35-32-21-18-15-12-9-6-3/h7-8,10-11,14,16-17,19-20,23-25,28,30,36,39,48-50,54-55H,4-6,9,12-13,15,18,21-22,26-27,29,31-35,37-38,40-47H2,1-3H3,(H,53,56)/b10-7+,11-8+,17-14+,19-16+,23-20+,25-24+,30-28+,39-36+. The number of amides is 1. The van der Waals surface area contributed by atoms with Crippen LogP contribution in [0.5, 0.6) is 0 Å². The van der Waals surface area contributed by atoms with Crippen LogP contribution < -0.4 is 5.32 Å². The van der Waals surface area contributed by atoms with Gasteiger partial charge in [0.15, 0.2) is 0 Å². The van der Waals surface area contributed by atoms with Crippen LogP contribution in [0.15, 0.2) is 97.2 Å². The van der Waals surface area contributed by atoms with Crippen LogP contribution >= 0.6 is 0 Å². The molecule has 3 N–H and O–H groups in total. The highest BCUT2D eigenvalue weighted by molar-refractivity contribution is 5.77. The second kappa shape index (κ2) is 44.9. The number of carbonyl (C=O) groups is 2. The van der Waals surface area contributed by atoms with Crippen molar-refractivity contribution in [2.75, 3.05) is 6.61 Å². The van der Waals surface area contributed by atoms with Gasteiger partial charge in [-0.2, -0.15) is 0 Å². The normalized spacial score (nSPS) is 14.2. The first-order chi connectivity index (χ1) is 28.5. The quantitative estimate of drug-likeness (QED) is 0.0248. The number of esters is 1. The lowest BCUT2D eigenvalue weighted by Gasteiger charge is -2.24. The number of nitrogens with one attached hydrogen (secondary N) is 1. The monoisotopic (exact) mass is 806 g/mol. The molecule has 0 heterocycles. The van der Waals surface area contributed by atoms with Gasteiger partial charge in [0, 0.05) is 6.42 Å². The molecule has 0 saturated heterocycles. The molecule has 0 aromatic carbocycles. The van der Waals surface area contributed by atoms with E-state index in [4.69, 9.17) is 4.74 Å². The van der Waals surface area contributed by atoms with Crippen molar-refractivity contribution in [1.29, 1.82) is 0 Å². The molecule has 58 heavy (non-hydrogen) atoms. The third-order valence-corrected chi connectivity index (χ3v) is 9.98. The highest BCUT2D eigenvalue weighted by atomic mass is 16.5. The number of hydrogen-bond donors (Lipinski definition) is 3. The maximum Gasteiger partial charge on any atom is 0.306 e. The lowest BCUT2D eigenvalue weighted by Crippen LogP contribution is -2.46. The van der Waals surface area contributed by atoms with E-state index in [1.165, 1.54) is 44.9 Å². The lowest BCUT2D eigenvalue weighted by molar-refractivity contribution is -0.150. The van der Waals surface area contributed by atoms with Crippen molar-refractivity contribution >= 4 is 11.9 Å². The molecule has 6 heteroatoms. The van der Waals surface area contributed by atoms with Crippen molar-refractivity contribution in [2.45, 2.75) is 212 Å². The van der Waals surface area contributed by atoms with Gasteiger partial charge in [-0.3, -0.25) is 9.59 Å². The molecular formula is C52H87NO5. The summed E-state index contributed by atoms with van der Waals surface area (Å²) < 4.78 is 5.86. The summed E-state index contributed by atoms with van der Waals surface area (Å²) in [5, 5.41) is 23.6. The third-order valence-electron chi connectivity index (χ3n) is 9.98. The Balaban J connectivity index is 4.77. The SMILES string of the molecule is CC/C=C/C=C/C=C/CCCCCCCC(CC(=O)NC(CO)C(O)CCCCCCCCCCCC)OC(=O)CC/C=C/C/C=C/C/C=C/C/C=C/C/C=C/CC. The van der Waals surface area contributed by atoms with Crippen molar-refractivity contribution in [3.8, 4) is 0 Å². The predicted octanol–water partition coefficient (Wildman–Crippen LogP) is 13.8. The first-order valence-electron chi connectivity index (χ1n) is 23.5. The molecule has 3 unspecified atom stereocenters. The van der Waals surface area contributed by atoms with E-state index in [-0.39, 0.29) is 31.3 Å². The number of aliphatic hydroxyl groups is 2. The van der Waals surface area contributed by atoms with Gasteiger partial charge in [-0.05, 0) is 77.0 Å². The van der Waals surface area contributed by atoms with Gasteiger partial charge in [-0.15, -0.1) is 0 Å². The number of allylic oxidation sites excluding steroid dienone is 16. The molecule has 0 spiro atoms. The molecule has 0 aliphatic carbocycles. The molecule has 0 bridgehead atoms. The van der Waals surface area contributed by atoms with Gasteiger partial charge >= 0.3 is 5.97 Å². The summed E-state index contributed by atoms with van der Waals surface area (Å²) in [5.41, 5.74) is 0. The van der Waals surface area contributed by atoms with E-state index in [0.29, 0.717) is 19.3 Å². The average molecular weight is 806 g/mol. The second-order valence-corrected chi connectivity index (χ2v) is 15.5. The molecule has 330 valence electrons. The summed E-state index contributed by atoms with van der Waals surface area (Å²) in [6, 6.07) is -0.727. The van der Waals surface area contributed by atoms with Crippen molar-refractivity contribution in [3.63, 3.8) is 0 Å². The van der Waals surface area contributed by atoms with Gasteiger partial charge in [0.2, 0.25) is 5.91 Å². The Morgan fingerprint density at radius 3 is 1.57 bits per heavy atom. The van der Waals surface area contributed by atoms with Gasteiger partial charge in [0.05, 0.1) is 25.2 Å². The second-order valence-electron chi connectivity index (χ2n) is 15.5. The lowest BCUT2D eigenvalue weighted by atomic mass is 10.0. The van der Waals surface area contributed by atoms with E-state index in [0.717, 1.165) is 96.3 Å². The molecule has 0 fully saturated rings. The van der Waals surface area contributed by atoms with Crippen LogP contribution in [0.1, 0.15) is 194 Å². The van der Waals surface area contributed by atoms with Crippen LogP contribution in [0.25, 0.3) is 0 Å². The minimum atomic E-state index is -0.809. The van der Waals surface area contributed by atoms with E-state index in [1.807, 2.05) is 6.08 Å². The van der Waals surface area contributed by atoms with Gasteiger partial charge in [0.25, 0.3) is 0 Å². The van der Waals surface area contributed by atoms with Crippen molar-refractivity contribution in [3.05, 3.63) is 97.2 Å². The Morgan fingerprint density at radius 2 is 1.02 bits per heavy atom. The summed E-state index contributed by atoms with van der Waals surface area (Å²) in [4.78, 5) is 26.0. The molecule has 0 aromatic heterocycles. The minimum Gasteiger partial charge on any atom is -0.462 e. The van der Waals surface area contributed by atoms with Crippen molar-refractivity contribution in [2.24, 2.45) is 0 Å². The molecular weight excluding hydrogens is 719 g/mol. The van der Waals surface area contributed by atoms with Gasteiger partial charge in [0.1, 0.15) is 6.10 Å². The highest BCUT2D eigenvalue weighted by Crippen LogP contribution is 2.16. The van der Waals surface area contributed by atoms with Crippen LogP contribution in [-0.2, 0) is 14.3 Å². The van der Waals surface area contributed by atoms with Crippen LogP contribution in [-0.4, -0.2) is 46.9 Å². The molecule has 3 atom stereocenters. The fourth-order valence-electron chi connectivity index (χ4n) is 6.48. The Hall–Kier alpha value is -3.22. The molecule has 0 saturated carbocycles. The Labute approximate surface area is 356 Å². The van der Waals surface area contributed by atoms with E-state index in [9.17, 15) is 19.8 Å². The van der Waals surface area contributed by atoms with Crippen LogP contribution in [0.2, 0.25) is 0 Å². The first kappa shape index (κ1) is 54.8. The van der Waals surface area contributed by atoms with Crippen LogP contribution in [0.4, 0.5) is 0 Å².